The van der Waals surface area contributed by atoms with Crippen LogP contribution in [-0.2, 0) is 54.9 Å². The Bertz CT molecular complexity index is 3290. The van der Waals surface area contributed by atoms with Gasteiger partial charge in [0.05, 0.1) is 55.2 Å². The Balaban J connectivity index is 0.853. The van der Waals surface area contributed by atoms with Crippen LogP contribution in [0.5, 0.6) is 23.0 Å². The fraction of sp³-hybridized carbons (Fsp3) is 0.304. The molecule has 21 nitrogen and oxygen atoms in total. The van der Waals surface area contributed by atoms with Gasteiger partial charge in [-0.2, -0.15) is 0 Å². The molecule has 0 spiro atoms. The van der Waals surface area contributed by atoms with Crippen LogP contribution >= 0.6 is 0 Å². The van der Waals surface area contributed by atoms with E-state index in [1.807, 2.05) is 53.4 Å². The van der Waals surface area contributed by atoms with Crippen LogP contribution in [0.15, 0.2) is 96.0 Å². The number of hydrogen-bond acceptors (Lipinski definition) is 15. The maximum Gasteiger partial charge on any atom is 0.334 e. The molecular formula is C56H54N8O13. The summed E-state index contributed by atoms with van der Waals surface area (Å²) in [5.74, 6) is -3.36. The molecular weight excluding hydrogens is 993 g/mol. The summed E-state index contributed by atoms with van der Waals surface area (Å²) in [6.07, 6.45) is 2.61. The largest absolute Gasteiger partial charge is 0.493 e. The highest BCUT2D eigenvalue weighted by Crippen LogP contribution is 2.43. The third kappa shape index (κ3) is 10.4. The van der Waals surface area contributed by atoms with Crippen molar-refractivity contribution in [2.75, 3.05) is 42.4 Å². The van der Waals surface area contributed by atoms with Crippen molar-refractivity contribution >= 4 is 76.3 Å². The quantitative estimate of drug-likeness (QED) is 0.0907. The van der Waals surface area contributed by atoms with Gasteiger partial charge < -0.3 is 50.0 Å². The second-order valence-corrected chi connectivity index (χ2v) is 19.1. The van der Waals surface area contributed by atoms with Gasteiger partial charge in [-0.25, -0.2) is 4.79 Å². The number of rotatable bonds is 17. The Kier molecular flexibility index (Phi) is 14.3. The van der Waals surface area contributed by atoms with Crippen molar-refractivity contribution in [3.05, 3.63) is 130 Å². The molecule has 10 rings (SSSR count). The molecule has 4 N–H and O–H groups in total. The molecule has 5 aliphatic rings. The highest BCUT2D eigenvalue weighted by molar-refractivity contribution is 6.15. The summed E-state index contributed by atoms with van der Waals surface area (Å²) >= 11 is 0. The van der Waals surface area contributed by atoms with E-state index in [-0.39, 0.29) is 80.0 Å². The Morgan fingerprint density at radius 3 is 1.96 bits per heavy atom. The first-order valence-corrected chi connectivity index (χ1v) is 25.1. The van der Waals surface area contributed by atoms with Crippen LogP contribution in [0.4, 0.5) is 22.7 Å². The van der Waals surface area contributed by atoms with Crippen molar-refractivity contribution in [3.63, 3.8) is 0 Å². The SMILES string of the molecule is COc1cc2c(cc1OCc1cc(COc3cc4c(cc3OC)C(=O)N3c5ccccc5C[C@H]3CN4)cc(C(=O)NC(C)C(=O)NC(C)C(=O)NCCC(=O)ON3C(=O)CCC3=O)c1)N=C[C@@H]1Cc3ccccc3N1C2=O. The number of carbonyl (C=O) groups excluding carboxylic acids is 8. The molecule has 7 amide bonds. The van der Waals surface area contributed by atoms with Crippen molar-refractivity contribution in [2.45, 2.75) is 83.3 Å². The molecule has 1 fully saturated rings. The standard InChI is InChI=1S/C56H54N8O13/c1-30(52(68)57-16-15-51(67)77-64-49(65)13-14-50(64)66)60-53(69)31(2)61-54(70)36-18-32(28-75-47-24-41-39(22-45(47)73-3)55(71)62-37(26-58-41)20-34-9-5-7-11-43(34)62)17-33(19-36)29-76-48-25-42-40(23-46(48)74-4)56(72)63-38(27-59-42)21-35-10-6-8-12-44(35)63/h5-12,17-19,22-26,30-31,37-38,59H,13-16,20-21,27-29H2,1-4H3,(H,57,68)(H,60,69)(H,61,70)/t30?,31?,37-,38-/m0/s1. The predicted octanol–water partition coefficient (Wildman–Crippen LogP) is 4.88. The summed E-state index contributed by atoms with van der Waals surface area (Å²) in [6, 6.07) is 24.6. The molecule has 5 aromatic rings. The average Bonchev–Trinajstić information content (AvgIpc) is 4.05. The third-order valence-electron chi connectivity index (χ3n) is 13.9. The molecule has 2 unspecified atom stereocenters. The van der Waals surface area contributed by atoms with Gasteiger partial charge in [-0.05, 0) is 85.0 Å². The molecule has 5 aliphatic heterocycles. The molecule has 0 bridgehead atoms. The fourth-order valence-corrected chi connectivity index (χ4v) is 9.98. The van der Waals surface area contributed by atoms with Crippen molar-refractivity contribution in [1.82, 2.24) is 21.0 Å². The summed E-state index contributed by atoms with van der Waals surface area (Å²) < 4.78 is 24.3. The minimum atomic E-state index is -1.15. The van der Waals surface area contributed by atoms with Gasteiger partial charge in [0, 0.05) is 67.6 Å². The minimum absolute atomic E-state index is 0.0621. The third-order valence-corrected chi connectivity index (χ3v) is 13.9. The maximum atomic E-state index is 14.1. The molecule has 0 aromatic heterocycles. The number of ether oxygens (including phenoxy) is 4. The number of imide groups is 1. The number of aliphatic imine (C=N–C) groups is 1. The van der Waals surface area contributed by atoms with Gasteiger partial charge in [-0.1, -0.05) is 36.4 Å². The summed E-state index contributed by atoms with van der Waals surface area (Å²) in [7, 11) is 2.94. The molecule has 5 aromatic carbocycles. The molecule has 4 atom stereocenters. The highest BCUT2D eigenvalue weighted by atomic mass is 16.7. The fourth-order valence-electron chi connectivity index (χ4n) is 9.98. The molecule has 77 heavy (non-hydrogen) atoms. The van der Waals surface area contributed by atoms with E-state index >= 15 is 0 Å². The van der Waals surface area contributed by atoms with E-state index in [0.717, 1.165) is 22.5 Å². The van der Waals surface area contributed by atoms with Gasteiger partial charge in [0.1, 0.15) is 25.3 Å². The minimum Gasteiger partial charge on any atom is -0.493 e. The van der Waals surface area contributed by atoms with Gasteiger partial charge in [-0.3, -0.25) is 43.5 Å². The van der Waals surface area contributed by atoms with E-state index in [2.05, 4.69) is 21.3 Å². The summed E-state index contributed by atoms with van der Waals surface area (Å²) in [6.45, 7) is 2.95. The number of nitrogens with zero attached hydrogens (tertiary/aromatic N) is 4. The Labute approximate surface area is 441 Å². The number of amides is 7. The van der Waals surface area contributed by atoms with Crippen molar-refractivity contribution in [2.24, 2.45) is 4.99 Å². The second-order valence-electron chi connectivity index (χ2n) is 19.1. The lowest BCUT2D eigenvalue weighted by atomic mass is 10.0. The van der Waals surface area contributed by atoms with Gasteiger partial charge in [0.2, 0.25) is 11.8 Å². The first-order valence-electron chi connectivity index (χ1n) is 25.1. The summed E-state index contributed by atoms with van der Waals surface area (Å²) in [4.78, 5) is 117. The number of nitrogens with one attached hydrogen (secondary N) is 4. The van der Waals surface area contributed by atoms with E-state index in [4.69, 9.17) is 28.8 Å². The normalized spacial score (nSPS) is 17.5. The molecule has 0 aliphatic carbocycles. The van der Waals surface area contributed by atoms with Crippen LogP contribution in [0.1, 0.15) is 86.4 Å². The highest BCUT2D eigenvalue weighted by Gasteiger charge is 2.39. The number of benzene rings is 5. The molecule has 396 valence electrons. The van der Waals surface area contributed by atoms with Gasteiger partial charge in [0.25, 0.3) is 29.5 Å². The van der Waals surface area contributed by atoms with Crippen molar-refractivity contribution in [1.29, 1.82) is 0 Å². The summed E-state index contributed by atoms with van der Waals surface area (Å²) in [5, 5.41) is 11.6. The number of para-hydroxylation sites is 2. The Morgan fingerprint density at radius 2 is 1.29 bits per heavy atom. The first-order chi connectivity index (χ1) is 37.2. The lowest BCUT2D eigenvalue weighted by Crippen LogP contribution is -2.51. The monoisotopic (exact) mass is 1050 g/mol. The zero-order chi connectivity index (χ0) is 54.1. The van der Waals surface area contributed by atoms with Crippen LogP contribution < -0.4 is 50.0 Å². The number of methoxy groups -OCH3 is 2. The van der Waals surface area contributed by atoms with Crippen molar-refractivity contribution < 1.29 is 62.1 Å². The molecule has 1 saturated heterocycles. The van der Waals surface area contributed by atoms with Crippen LogP contribution in [0.2, 0.25) is 0 Å². The molecule has 5 heterocycles. The topological polar surface area (TPSA) is 253 Å². The molecule has 0 radical (unpaired) electrons. The molecule has 0 saturated carbocycles. The smallest absolute Gasteiger partial charge is 0.334 e. The number of fused-ring (bicyclic) bond motifs is 8. The van der Waals surface area contributed by atoms with Gasteiger partial charge in [-0.15, -0.1) is 5.06 Å². The van der Waals surface area contributed by atoms with Gasteiger partial charge >= 0.3 is 5.97 Å². The predicted molar refractivity (Wildman–Crippen MR) is 279 cm³/mol. The average molecular weight is 1050 g/mol. The molecule has 21 heteroatoms. The van der Waals surface area contributed by atoms with E-state index in [1.165, 1.54) is 28.1 Å². The van der Waals surface area contributed by atoms with Crippen LogP contribution in [0.25, 0.3) is 0 Å². The van der Waals surface area contributed by atoms with Crippen LogP contribution in [0.3, 0.4) is 0 Å². The van der Waals surface area contributed by atoms with Crippen LogP contribution in [0, 0.1) is 0 Å². The first kappa shape index (κ1) is 51.2. The number of hydroxylamine groups is 2. The van der Waals surface area contributed by atoms with Crippen LogP contribution in [-0.4, -0.2) is 110 Å². The number of carbonyl (C=O) groups is 8. The Hall–Kier alpha value is -9.27. The van der Waals surface area contributed by atoms with E-state index in [0.29, 0.717) is 69.6 Å². The van der Waals surface area contributed by atoms with E-state index in [9.17, 15) is 38.4 Å². The van der Waals surface area contributed by atoms with Crippen molar-refractivity contribution in [3.8, 4) is 23.0 Å². The number of hydrogen-bond donors (Lipinski definition) is 4. The maximum absolute atomic E-state index is 14.1. The number of anilines is 3. The summed E-state index contributed by atoms with van der Waals surface area (Å²) in [5.41, 5.74) is 6.72. The Morgan fingerprint density at radius 1 is 0.688 bits per heavy atom. The lowest BCUT2D eigenvalue weighted by molar-refractivity contribution is -0.197. The van der Waals surface area contributed by atoms with E-state index < -0.39 is 47.6 Å². The zero-order valence-electron chi connectivity index (χ0n) is 42.5. The van der Waals surface area contributed by atoms with E-state index in [1.54, 1.807) is 53.6 Å². The zero-order valence-corrected chi connectivity index (χ0v) is 42.5. The van der Waals surface area contributed by atoms with Gasteiger partial charge in [0.15, 0.2) is 23.0 Å². The second kappa shape index (κ2) is 21.5. The lowest BCUT2D eigenvalue weighted by Gasteiger charge is -2.22.